The Morgan fingerprint density at radius 1 is 1.57 bits per heavy atom. The van der Waals surface area contributed by atoms with Gasteiger partial charge in [0.15, 0.2) is 5.78 Å². The molecule has 14 heavy (non-hydrogen) atoms. The van der Waals surface area contributed by atoms with Crippen molar-refractivity contribution in [1.82, 2.24) is 0 Å². The van der Waals surface area contributed by atoms with E-state index in [0.29, 0.717) is 5.56 Å². The van der Waals surface area contributed by atoms with E-state index in [-0.39, 0.29) is 5.78 Å². The maximum Gasteiger partial charge on any atom is 0.150 e. The van der Waals surface area contributed by atoms with Gasteiger partial charge in [-0.05, 0) is 24.6 Å². The van der Waals surface area contributed by atoms with Gasteiger partial charge in [0.1, 0.15) is 17.3 Å². The van der Waals surface area contributed by atoms with Crippen LogP contribution in [-0.4, -0.2) is 16.3 Å². The standard InChI is InChI=1S/C10H10ClFO2/c1-6(13)9(11)10(14)7-3-2-4-8(12)5-7/h2-5,9-10,14H,1H3/t9-,10+/m1/s1. The second-order valence-corrected chi connectivity index (χ2v) is 3.48. The number of hydrogen-bond donors (Lipinski definition) is 1. The predicted molar refractivity (Wildman–Crippen MR) is 51.7 cm³/mol. The quantitative estimate of drug-likeness (QED) is 0.786. The molecule has 1 aromatic rings. The molecule has 0 aliphatic rings. The SMILES string of the molecule is CC(=O)[C@@H](Cl)[C@@H](O)c1cccc(F)c1. The lowest BCUT2D eigenvalue weighted by Gasteiger charge is -2.14. The summed E-state index contributed by atoms with van der Waals surface area (Å²) in [4.78, 5) is 10.9. The van der Waals surface area contributed by atoms with Crippen molar-refractivity contribution in [1.29, 1.82) is 0 Å². The van der Waals surface area contributed by atoms with Gasteiger partial charge in [-0.1, -0.05) is 12.1 Å². The summed E-state index contributed by atoms with van der Waals surface area (Å²) in [6, 6.07) is 5.39. The fourth-order valence-electron chi connectivity index (χ4n) is 1.08. The second-order valence-electron chi connectivity index (χ2n) is 3.01. The third kappa shape index (κ3) is 2.53. The molecule has 0 saturated heterocycles. The third-order valence-electron chi connectivity index (χ3n) is 1.86. The van der Waals surface area contributed by atoms with Gasteiger partial charge < -0.3 is 5.11 Å². The molecular formula is C10H10ClFO2. The van der Waals surface area contributed by atoms with Gasteiger partial charge in [-0.15, -0.1) is 11.6 Å². The van der Waals surface area contributed by atoms with Gasteiger partial charge in [0, 0.05) is 0 Å². The highest BCUT2D eigenvalue weighted by Crippen LogP contribution is 2.22. The van der Waals surface area contributed by atoms with E-state index >= 15 is 0 Å². The number of ketones is 1. The van der Waals surface area contributed by atoms with Gasteiger partial charge in [0.2, 0.25) is 0 Å². The largest absolute Gasteiger partial charge is 0.386 e. The third-order valence-corrected chi connectivity index (χ3v) is 2.40. The molecule has 0 spiro atoms. The first kappa shape index (κ1) is 11.1. The molecule has 0 fully saturated rings. The predicted octanol–water partition coefficient (Wildman–Crippen LogP) is 2.06. The molecule has 0 bridgehead atoms. The van der Waals surface area contributed by atoms with Crippen LogP contribution in [0.5, 0.6) is 0 Å². The average Bonchev–Trinajstić information content (AvgIpc) is 2.15. The Labute approximate surface area is 86.3 Å². The number of aliphatic hydroxyl groups is 1. The van der Waals surface area contributed by atoms with E-state index in [1.165, 1.54) is 25.1 Å². The van der Waals surface area contributed by atoms with Crippen molar-refractivity contribution in [3.05, 3.63) is 35.6 Å². The number of benzene rings is 1. The molecule has 0 saturated carbocycles. The van der Waals surface area contributed by atoms with Gasteiger partial charge in [0.25, 0.3) is 0 Å². The van der Waals surface area contributed by atoms with Gasteiger partial charge in [0.05, 0.1) is 0 Å². The van der Waals surface area contributed by atoms with E-state index in [0.717, 1.165) is 6.07 Å². The van der Waals surface area contributed by atoms with Crippen LogP contribution in [0.25, 0.3) is 0 Å². The Bertz CT molecular complexity index is 341. The lowest BCUT2D eigenvalue weighted by Crippen LogP contribution is -2.20. The molecule has 2 atom stereocenters. The molecule has 76 valence electrons. The fourth-order valence-corrected chi connectivity index (χ4v) is 1.23. The number of halogens is 2. The average molecular weight is 217 g/mol. The molecule has 2 nitrogen and oxygen atoms in total. The first-order valence-electron chi connectivity index (χ1n) is 4.10. The van der Waals surface area contributed by atoms with Crippen LogP contribution in [0, 0.1) is 5.82 Å². The highest BCUT2D eigenvalue weighted by molar-refractivity contribution is 6.31. The fraction of sp³-hybridized carbons (Fsp3) is 0.300. The minimum atomic E-state index is -1.16. The minimum absolute atomic E-state index is 0.306. The molecule has 4 heteroatoms. The highest BCUT2D eigenvalue weighted by atomic mass is 35.5. The van der Waals surface area contributed by atoms with E-state index in [9.17, 15) is 14.3 Å². The Balaban J connectivity index is 2.89. The van der Waals surface area contributed by atoms with Crippen molar-refractivity contribution < 1.29 is 14.3 Å². The topological polar surface area (TPSA) is 37.3 Å². The monoisotopic (exact) mass is 216 g/mol. The number of aliphatic hydroxyl groups excluding tert-OH is 1. The molecule has 1 rings (SSSR count). The maximum absolute atomic E-state index is 12.8. The zero-order valence-corrected chi connectivity index (χ0v) is 8.33. The van der Waals surface area contributed by atoms with Crippen molar-refractivity contribution in [2.45, 2.75) is 18.4 Å². The first-order chi connectivity index (χ1) is 6.52. The zero-order chi connectivity index (χ0) is 10.7. The van der Waals surface area contributed by atoms with Crippen LogP contribution in [0.2, 0.25) is 0 Å². The van der Waals surface area contributed by atoms with Crippen LogP contribution in [-0.2, 0) is 4.79 Å². The summed E-state index contributed by atoms with van der Waals surface area (Å²) in [5, 5.41) is 8.53. The maximum atomic E-state index is 12.8. The molecule has 0 radical (unpaired) electrons. The molecule has 0 amide bonds. The van der Waals surface area contributed by atoms with Gasteiger partial charge >= 0.3 is 0 Å². The van der Waals surface area contributed by atoms with Crippen LogP contribution in [0.3, 0.4) is 0 Å². The number of alkyl halides is 1. The Hall–Kier alpha value is -0.930. The molecule has 1 aromatic carbocycles. The normalized spacial score (nSPS) is 14.9. The van der Waals surface area contributed by atoms with Crippen molar-refractivity contribution in [2.75, 3.05) is 0 Å². The van der Waals surface area contributed by atoms with Crippen LogP contribution < -0.4 is 0 Å². The van der Waals surface area contributed by atoms with Crippen molar-refractivity contribution in [3.8, 4) is 0 Å². The smallest absolute Gasteiger partial charge is 0.150 e. The van der Waals surface area contributed by atoms with E-state index < -0.39 is 17.3 Å². The first-order valence-corrected chi connectivity index (χ1v) is 4.54. The van der Waals surface area contributed by atoms with Crippen LogP contribution >= 0.6 is 11.6 Å². The molecule has 0 aromatic heterocycles. The van der Waals surface area contributed by atoms with Crippen LogP contribution in [0.1, 0.15) is 18.6 Å². The molecule has 0 aliphatic heterocycles. The number of carbonyl (C=O) groups is 1. The van der Waals surface area contributed by atoms with Crippen LogP contribution in [0.4, 0.5) is 4.39 Å². The molecule has 0 heterocycles. The highest BCUT2D eigenvalue weighted by Gasteiger charge is 2.22. The number of Topliss-reactive ketones (excluding diaryl/α,β-unsaturated/α-hetero) is 1. The lowest BCUT2D eigenvalue weighted by atomic mass is 10.0. The molecular weight excluding hydrogens is 207 g/mol. The van der Waals surface area contributed by atoms with Gasteiger partial charge in [-0.3, -0.25) is 4.79 Å². The minimum Gasteiger partial charge on any atom is -0.386 e. The van der Waals surface area contributed by atoms with Crippen molar-refractivity contribution in [3.63, 3.8) is 0 Å². The van der Waals surface area contributed by atoms with E-state index in [1.54, 1.807) is 0 Å². The van der Waals surface area contributed by atoms with Gasteiger partial charge in [-0.25, -0.2) is 4.39 Å². The molecule has 1 N–H and O–H groups in total. The van der Waals surface area contributed by atoms with E-state index in [1.807, 2.05) is 0 Å². The van der Waals surface area contributed by atoms with E-state index in [4.69, 9.17) is 11.6 Å². The Kier molecular flexibility index (Phi) is 3.61. The van der Waals surface area contributed by atoms with E-state index in [2.05, 4.69) is 0 Å². The summed E-state index contributed by atoms with van der Waals surface area (Å²) >= 11 is 5.63. The van der Waals surface area contributed by atoms with Crippen LogP contribution in [0.15, 0.2) is 24.3 Å². The summed E-state index contributed by atoms with van der Waals surface area (Å²) in [5.41, 5.74) is 0.306. The second kappa shape index (κ2) is 4.53. The lowest BCUT2D eigenvalue weighted by molar-refractivity contribution is -0.118. The Morgan fingerprint density at radius 3 is 2.71 bits per heavy atom. The number of rotatable bonds is 3. The van der Waals surface area contributed by atoms with Crippen molar-refractivity contribution >= 4 is 17.4 Å². The molecule has 0 unspecified atom stereocenters. The number of carbonyl (C=O) groups excluding carboxylic acids is 1. The summed E-state index contributed by atoms with van der Waals surface area (Å²) in [6.45, 7) is 1.28. The molecule has 0 aliphatic carbocycles. The Morgan fingerprint density at radius 2 is 2.21 bits per heavy atom. The summed E-state index contributed by atoms with van der Waals surface area (Å²) in [7, 11) is 0. The number of hydrogen-bond acceptors (Lipinski definition) is 2. The summed E-state index contributed by atoms with van der Waals surface area (Å²) in [5.74, 6) is -0.808. The summed E-state index contributed by atoms with van der Waals surface area (Å²) in [6.07, 6.45) is -1.16. The van der Waals surface area contributed by atoms with Crippen molar-refractivity contribution in [2.24, 2.45) is 0 Å². The summed E-state index contributed by atoms with van der Waals surface area (Å²) < 4.78 is 12.8. The zero-order valence-electron chi connectivity index (χ0n) is 7.58. The van der Waals surface area contributed by atoms with Gasteiger partial charge in [-0.2, -0.15) is 0 Å².